The van der Waals surface area contributed by atoms with Crippen LogP contribution in [0.2, 0.25) is 5.02 Å². The molecule has 3 nitrogen and oxygen atoms in total. The van der Waals surface area contributed by atoms with Crippen molar-refractivity contribution in [3.63, 3.8) is 0 Å². The predicted octanol–water partition coefficient (Wildman–Crippen LogP) is 2.97. The molecule has 3 rings (SSSR count). The quantitative estimate of drug-likeness (QED) is 0.895. The Morgan fingerprint density at radius 2 is 2.09 bits per heavy atom. The molecular formula is C17H23ClN2OS. The van der Waals surface area contributed by atoms with Gasteiger partial charge in [-0.05, 0) is 48.5 Å². The second-order valence-electron chi connectivity index (χ2n) is 6.17. The van der Waals surface area contributed by atoms with E-state index in [0.717, 1.165) is 24.5 Å². The molecule has 2 saturated heterocycles. The molecule has 0 saturated carbocycles. The molecule has 1 atom stereocenters. The molecule has 2 fully saturated rings. The van der Waals surface area contributed by atoms with Gasteiger partial charge in [-0.15, -0.1) is 0 Å². The third kappa shape index (κ3) is 4.40. The van der Waals surface area contributed by atoms with Gasteiger partial charge >= 0.3 is 0 Å². The number of rotatable bonds is 5. The van der Waals surface area contributed by atoms with E-state index in [4.69, 9.17) is 11.6 Å². The number of benzene rings is 1. The zero-order chi connectivity index (χ0) is 15.4. The second-order valence-corrected chi connectivity index (χ2v) is 7.84. The Morgan fingerprint density at radius 1 is 1.27 bits per heavy atom. The first-order valence-electron chi connectivity index (χ1n) is 8.07. The summed E-state index contributed by atoms with van der Waals surface area (Å²) in [5, 5.41) is 4.45. The van der Waals surface area contributed by atoms with Gasteiger partial charge < -0.3 is 10.2 Å². The van der Waals surface area contributed by atoms with E-state index in [1.165, 1.54) is 29.9 Å². The van der Waals surface area contributed by atoms with Crippen molar-refractivity contribution in [1.29, 1.82) is 0 Å². The zero-order valence-corrected chi connectivity index (χ0v) is 14.3. The molecule has 2 aliphatic rings. The summed E-state index contributed by atoms with van der Waals surface area (Å²) in [5.74, 6) is 2.78. The number of halogens is 1. The molecule has 0 radical (unpaired) electrons. The maximum absolute atomic E-state index is 12.2. The lowest BCUT2D eigenvalue weighted by atomic mass is 10.1. The average molecular weight is 339 g/mol. The van der Waals surface area contributed by atoms with Gasteiger partial charge in [-0.25, -0.2) is 0 Å². The minimum Gasteiger partial charge on any atom is -0.341 e. The van der Waals surface area contributed by atoms with Crippen LogP contribution in [-0.4, -0.2) is 47.5 Å². The standard InChI is InChI=1S/C17H23ClN2OS/c18-14-3-1-2-13(10-14)4-7-20-12-16(11-17(20)21)19-15-5-8-22-9-6-15/h1-3,10,15-16,19H,4-9,11-12H2/t16-/m0/s1. The Kier molecular flexibility index (Phi) is 5.66. The summed E-state index contributed by atoms with van der Waals surface area (Å²) in [5.41, 5.74) is 1.20. The number of likely N-dealkylation sites (tertiary alicyclic amines) is 1. The molecule has 1 amide bonds. The van der Waals surface area contributed by atoms with Gasteiger partial charge in [0.25, 0.3) is 0 Å². The van der Waals surface area contributed by atoms with Crippen molar-refractivity contribution >= 4 is 29.3 Å². The normalized spacial score (nSPS) is 23.2. The van der Waals surface area contributed by atoms with Crippen molar-refractivity contribution in [3.05, 3.63) is 34.9 Å². The first kappa shape index (κ1) is 16.2. The first-order chi connectivity index (χ1) is 10.7. The Morgan fingerprint density at radius 3 is 2.86 bits per heavy atom. The number of nitrogens with one attached hydrogen (secondary N) is 1. The summed E-state index contributed by atoms with van der Waals surface area (Å²) >= 11 is 8.04. The molecule has 22 heavy (non-hydrogen) atoms. The van der Waals surface area contributed by atoms with E-state index in [-0.39, 0.29) is 5.91 Å². The van der Waals surface area contributed by atoms with Gasteiger partial charge in [0, 0.05) is 36.6 Å². The van der Waals surface area contributed by atoms with E-state index in [0.29, 0.717) is 18.5 Å². The number of thioether (sulfide) groups is 1. The fraction of sp³-hybridized carbons (Fsp3) is 0.588. The molecule has 0 bridgehead atoms. The average Bonchev–Trinajstić information content (AvgIpc) is 2.86. The summed E-state index contributed by atoms with van der Waals surface area (Å²) in [6.45, 7) is 1.64. The number of hydrogen-bond acceptors (Lipinski definition) is 3. The summed E-state index contributed by atoms with van der Waals surface area (Å²) < 4.78 is 0. The minimum atomic E-state index is 0.282. The van der Waals surface area contributed by atoms with Gasteiger partial charge in [-0.3, -0.25) is 4.79 Å². The fourth-order valence-electron chi connectivity index (χ4n) is 3.25. The summed E-state index contributed by atoms with van der Waals surface area (Å²) in [4.78, 5) is 14.2. The number of nitrogens with zero attached hydrogens (tertiary/aromatic N) is 1. The lowest BCUT2D eigenvalue weighted by molar-refractivity contribution is -0.127. The first-order valence-corrected chi connectivity index (χ1v) is 9.60. The summed E-state index contributed by atoms with van der Waals surface area (Å²) in [6.07, 6.45) is 3.99. The van der Waals surface area contributed by atoms with Crippen LogP contribution in [-0.2, 0) is 11.2 Å². The molecule has 1 N–H and O–H groups in total. The van der Waals surface area contributed by atoms with E-state index in [1.807, 2.05) is 34.9 Å². The van der Waals surface area contributed by atoms with Crippen LogP contribution in [0.4, 0.5) is 0 Å². The van der Waals surface area contributed by atoms with Gasteiger partial charge in [-0.2, -0.15) is 11.8 Å². The zero-order valence-electron chi connectivity index (χ0n) is 12.8. The number of amides is 1. The van der Waals surface area contributed by atoms with Crippen molar-refractivity contribution in [1.82, 2.24) is 10.2 Å². The van der Waals surface area contributed by atoms with Crippen molar-refractivity contribution in [2.75, 3.05) is 24.6 Å². The molecule has 5 heteroatoms. The molecule has 120 valence electrons. The minimum absolute atomic E-state index is 0.282. The molecule has 2 heterocycles. The lowest BCUT2D eigenvalue weighted by Crippen LogP contribution is -2.42. The maximum Gasteiger partial charge on any atom is 0.224 e. The molecule has 1 aromatic rings. The largest absolute Gasteiger partial charge is 0.341 e. The smallest absolute Gasteiger partial charge is 0.224 e. The number of hydrogen-bond donors (Lipinski definition) is 1. The van der Waals surface area contributed by atoms with Crippen molar-refractivity contribution < 1.29 is 4.79 Å². The van der Waals surface area contributed by atoms with Crippen LogP contribution in [0.1, 0.15) is 24.8 Å². The van der Waals surface area contributed by atoms with Crippen LogP contribution in [0.3, 0.4) is 0 Å². The lowest BCUT2D eigenvalue weighted by Gasteiger charge is -2.26. The SMILES string of the molecule is O=C1C[C@H](NC2CCSCC2)CN1CCc1cccc(Cl)c1. The Bertz CT molecular complexity index is 519. The second kappa shape index (κ2) is 7.71. The van der Waals surface area contributed by atoms with Gasteiger partial charge in [0.05, 0.1) is 0 Å². The van der Waals surface area contributed by atoms with Crippen LogP contribution in [0.5, 0.6) is 0 Å². The van der Waals surface area contributed by atoms with E-state index in [1.54, 1.807) is 0 Å². The van der Waals surface area contributed by atoms with Gasteiger partial charge in [0.15, 0.2) is 0 Å². The van der Waals surface area contributed by atoms with Crippen LogP contribution in [0.25, 0.3) is 0 Å². The summed E-state index contributed by atoms with van der Waals surface area (Å²) in [7, 11) is 0. The number of carbonyl (C=O) groups excluding carboxylic acids is 1. The third-order valence-corrected chi connectivity index (χ3v) is 5.75. The molecule has 2 aliphatic heterocycles. The highest BCUT2D eigenvalue weighted by atomic mass is 35.5. The topological polar surface area (TPSA) is 32.3 Å². The van der Waals surface area contributed by atoms with E-state index in [9.17, 15) is 4.79 Å². The summed E-state index contributed by atoms with van der Waals surface area (Å²) in [6, 6.07) is 8.84. The highest BCUT2D eigenvalue weighted by Gasteiger charge is 2.30. The van der Waals surface area contributed by atoms with E-state index >= 15 is 0 Å². The highest BCUT2D eigenvalue weighted by molar-refractivity contribution is 7.99. The van der Waals surface area contributed by atoms with Crippen LogP contribution in [0.15, 0.2) is 24.3 Å². The molecule has 0 aromatic heterocycles. The molecule has 0 spiro atoms. The third-order valence-electron chi connectivity index (χ3n) is 4.47. The Labute approximate surface area is 141 Å². The Balaban J connectivity index is 1.47. The van der Waals surface area contributed by atoms with Crippen LogP contribution < -0.4 is 5.32 Å². The van der Waals surface area contributed by atoms with Crippen molar-refractivity contribution in [3.8, 4) is 0 Å². The highest BCUT2D eigenvalue weighted by Crippen LogP contribution is 2.20. The van der Waals surface area contributed by atoms with Crippen LogP contribution in [0, 0.1) is 0 Å². The molecule has 0 aliphatic carbocycles. The predicted molar refractivity (Wildman–Crippen MR) is 93.6 cm³/mol. The van der Waals surface area contributed by atoms with Gasteiger partial charge in [0.1, 0.15) is 0 Å². The molecule has 1 aromatic carbocycles. The van der Waals surface area contributed by atoms with E-state index < -0.39 is 0 Å². The van der Waals surface area contributed by atoms with E-state index in [2.05, 4.69) is 11.4 Å². The van der Waals surface area contributed by atoms with Gasteiger partial charge in [-0.1, -0.05) is 23.7 Å². The van der Waals surface area contributed by atoms with Crippen molar-refractivity contribution in [2.45, 2.75) is 37.8 Å². The van der Waals surface area contributed by atoms with Gasteiger partial charge in [0.2, 0.25) is 5.91 Å². The Hall–Kier alpha value is -0.710. The number of carbonyl (C=O) groups is 1. The fourth-order valence-corrected chi connectivity index (χ4v) is 4.57. The van der Waals surface area contributed by atoms with Crippen LogP contribution >= 0.6 is 23.4 Å². The molecular weight excluding hydrogens is 316 g/mol. The monoisotopic (exact) mass is 338 g/mol. The molecule has 0 unspecified atom stereocenters. The van der Waals surface area contributed by atoms with Crippen molar-refractivity contribution in [2.24, 2.45) is 0 Å². The maximum atomic E-state index is 12.2.